The molecule has 12 heteroatoms. The van der Waals surface area contributed by atoms with Gasteiger partial charge in [-0.05, 0) is 36.8 Å². The Balaban J connectivity index is 1.31. The highest BCUT2D eigenvalue weighted by Gasteiger charge is 2.48. The van der Waals surface area contributed by atoms with Crippen molar-refractivity contribution in [3.05, 3.63) is 48.0 Å². The zero-order chi connectivity index (χ0) is 25.6. The first kappa shape index (κ1) is 24.4. The van der Waals surface area contributed by atoms with Crippen molar-refractivity contribution in [2.45, 2.75) is 31.3 Å². The van der Waals surface area contributed by atoms with E-state index in [0.717, 1.165) is 10.9 Å². The summed E-state index contributed by atoms with van der Waals surface area (Å²) >= 11 is 0. The number of nitrogens with zero attached hydrogens (tertiary/aromatic N) is 3. The zero-order valence-corrected chi connectivity index (χ0v) is 20.9. The minimum Gasteiger partial charge on any atom is -0.483 e. The van der Waals surface area contributed by atoms with Crippen molar-refractivity contribution in [1.29, 1.82) is 0 Å². The highest BCUT2D eigenvalue weighted by Crippen LogP contribution is 2.36. The first-order valence-electron chi connectivity index (χ1n) is 12.1. The van der Waals surface area contributed by atoms with Crippen molar-refractivity contribution in [1.82, 2.24) is 9.97 Å². The Morgan fingerprint density at radius 1 is 1.14 bits per heavy atom. The molecular weight excluding hydrogens is 503 g/mol. The van der Waals surface area contributed by atoms with E-state index >= 15 is 0 Å². The van der Waals surface area contributed by atoms with Gasteiger partial charge < -0.3 is 29.4 Å². The van der Waals surface area contributed by atoms with E-state index < -0.39 is 40.0 Å². The van der Waals surface area contributed by atoms with Gasteiger partial charge in [0.15, 0.2) is 6.10 Å². The van der Waals surface area contributed by atoms with Gasteiger partial charge in [0.2, 0.25) is 0 Å². The summed E-state index contributed by atoms with van der Waals surface area (Å²) in [4.78, 5) is 8.83. The second-order valence-corrected chi connectivity index (χ2v) is 11.9. The third-order valence-corrected chi connectivity index (χ3v) is 8.89. The van der Waals surface area contributed by atoms with E-state index in [4.69, 9.17) is 18.9 Å². The Bertz CT molecular complexity index is 1450. The summed E-state index contributed by atoms with van der Waals surface area (Å²) in [5.74, 6) is 1.14. The van der Waals surface area contributed by atoms with Crippen molar-refractivity contribution in [2.24, 2.45) is 4.36 Å². The quantitative estimate of drug-likeness (QED) is 0.512. The molecular formula is C25H27FN4O6S. The number of hydrogen-bond acceptors (Lipinski definition) is 10. The van der Waals surface area contributed by atoms with Gasteiger partial charge in [0, 0.05) is 11.5 Å². The van der Waals surface area contributed by atoms with Crippen LogP contribution in [0.25, 0.3) is 10.9 Å². The van der Waals surface area contributed by atoms with E-state index in [2.05, 4.69) is 19.6 Å². The molecule has 2 aromatic carbocycles. The number of rotatable bonds is 5. The van der Waals surface area contributed by atoms with E-state index in [-0.39, 0.29) is 19.0 Å². The van der Waals surface area contributed by atoms with E-state index in [1.165, 1.54) is 18.5 Å². The van der Waals surface area contributed by atoms with Crippen molar-refractivity contribution in [3.63, 3.8) is 0 Å². The number of halogens is 1. The maximum atomic E-state index is 14.2. The monoisotopic (exact) mass is 530 g/mol. The van der Waals surface area contributed by atoms with Gasteiger partial charge in [0.05, 0.1) is 64.6 Å². The molecule has 6 rings (SSSR count). The smallest absolute Gasteiger partial charge is 0.151 e. The van der Waals surface area contributed by atoms with Gasteiger partial charge in [-0.2, -0.15) is 4.36 Å². The molecule has 0 aliphatic carbocycles. The molecule has 3 aliphatic heterocycles. The lowest BCUT2D eigenvalue weighted by Gasteiger charge is -2.21. The molecule has 2 unspecified atom stereocenters. The summed E-state index contributed by atoms with van der Waals surface area (Å²) in [7, 11) is -2.37. The first-order chi connectivity index (χ1) is 17.9. The van der Waals surface area contributed by atoms with Gasteiger partial charge in [-0.1, -0.05) is 0 Å². The fourth-order valence-electron chi connectivity index (χ4n) is 4.92. The van der Waals surface area contributed by atoms with Crippen molar-refractivity contribution in [3.8, 4) is 5.75 Å². The average molecular weight is 531 g/mol. The van der Waals surface area contributed by atoms with Gasteiger partial charge in [-0.3, -0.25) is 0 Å². The summed E-state index contributed by atoms with van der Waals surface area (Å²) in [6.07, 6.45) is -0.670. The van der Waals surface area contributed by atoms with Crippen LogP contribution >= 0.6 is 0 Å². The Morgan fingerprint density at radius 2 is 1.95 bits per heavy atom. The maximum Gasteiger partial charge on any atom is 0.151 e. The van der Waals surface area contributed by atoms with E-state index in [9.17, 15) is 13.7 Å². The molecule has 37 heavy (non-hydrogen) atoms. The number of aromatic nitrogens is 2. The molecule has 0 saturated carbocycles. The third-order valence-electron chi connectivity index (χ3n) is 6.74. The van der Waals surface area contributed by atoms with Crippen LogP contribution in [0.4, 0.5) is 21.6 Å². The highest BCUT2D eigenvalue weighted by molar-refractivity contribution is 7.93. The number of ether oxygens (including phenoxy) is 4. The minimum absolute atomic E-state index is 0.173. The van der Waals surface area contributed by atoms with Gasteiger partial charge in [-0.25, -0.2) is 18.6 Å². The van der Waals surface area contributed by atoms with Gasteiger partial charge in [0.1, 0.15) is 42.0 Å². The fraction of sp³-hybridized carbons (Fsp3) is 0.440. The number of aliphatic hydroxyl groups is 1. The number of hydrogen-bond donors (Lipinski definition) is 2. The molecule has 0 spiro atoms. The fourth-order valence-corrected chi connectivity index (χ4v) is 6.55. The van der Waals surface area contributed by atoms with Crippen LogP contribution < -0.4 is 10.1 Å². The normalized spacial score (nSPS) is 26.7. The van der Waals surface area contributed by atoms with E-state index in [1.54, 1.807) is 12.1 Å². The lowest BCUT2D eigenvalue weighted by atomic mass is 10.1. The molecule has 2 N–H and O–H groups in total. The topological polar surface area (TPSA) is 124 Å². The molecule has 3 fully saturated rings. The molecule has 0 radical (unpaired) electrons. The lowest BCUT2D eigenvalue weighted by Crippen LogP contribution is -2.34. The summed E-state index contributed by atoms with van der Waals surface area (Å²) in [6, 6.07) is 7.85. The second-order valence-electron chi connectivity index (χ2n) is 9.35. The standard InChI is InChI=1S/C25H27FN4O6S/c1-14-8-16(30-37(32)6-4-33-5-7-37)10-18-22(14)25(28-13-27-18)29-17-3-2-15(26)9-20(17)36-21-12-35-23-19(31)11-34-24(21)23/h2-3,8-10,13,19,21,23-24,31H,4-7,11-12H2,1H3,(H,27,28,29)/t19-,21-,23?,24?/m1/s1. The lowest BCUT2D eigenvalue weighted by molar-refractivity contribution is 0.00871. The van der Waals surface area contributed by atoms with Crippen LogP contribution in [0.1, 0.15) is 5.56 Å². The van der Waals surface area contributed by atoms with Crippen LogP contribution in [0.5, 0.6) is 5.75 Å². The Kier molecular flexibility index (Phi) is 6.45. The average Bonchev–Trinajstić information content (AvgIpc) is 3.44. The molecule has 3 aliphatic rings. The number of benzene rings is 2. The summed E-state index contributed by atoms with van der Waals surface area (Å²) < 4.78 is 54.5. The molecule has 10 nitrogen and oxygen atoms in total. The summed E-state index contributed by atoms with van der Waals surface area (Å²) in [5.41, 5.74) is 2.58. The highest BCUT2D eigenvalue weighted by atomic mass is 32.2. The Hall–Kier alpha value is -2.90. The number of nitrogens with one attached hydrogen (secondary N) is 1. The van der Waals surface area contributed by atoms with Gasteiger partial charge in [0.25, 0.3) is 0 Å². The number of aliphatic hydroxyl groups excluding tert-OH is 1. The molecule has 196 valence electrons. The zero-order valence-electron chi connectivity index (χ0n) is 20.1. The third kappa shape index (κ3) is 4.87. The van der Waals surface area contributed by atoms with Crippen LogP contribution in [0, 0.1) is 12.7 Å². The van der Waals surface area contributed by atoms with Gasteiger partial charge >= 0.3 is 0 Å². The van der Waals surface area contributed by atoms with Crippen LogP contribution in [-0.2, 0) is 23.9 Å². The van der Waals surface area contributed by atoms with Crippen molar-refractivity contribution >= 4 is 37.8 Å². The predicted molar refractivity (Wildman–Crippen MR) is 135 cm³/mol. The van der Waals surface area contributed by atoms with Crippen molar-refractivity contribution in [2.75, 3.05) is 43.3 Å². The predicted octanol–water partition coefficient (Wildman–Crippen LogP) is 2.86. The number of aryl methyl sites for hydroxylation is 1. The van der Waals surface area contributed by atoms with Crippen LogP contribution in [0.15, 0.2) is 41.0 Å². The largest absolute Gasteiger partial charge is 0.483 e. The molecule has 4 atom stereocenters. The first-order valence-corrected chi connectivity index (χ1v) is 13.9. The Labute approximate surface area is 213 Å². The number of anilines is 2. The molecule has 4 heterocycles. The molecule has 0 bridgehead atoms. The van der Waals surface area contributed by atoms with E-state index in [0.29, 0.717) is 47.4 Å². The van der Waals surface area contributed by atoms with Gasteiger partial charge in [-0.15, -0.1) is 0 Å². The molecule has 0 amide bonds. The Morgan fingerprint density at radius 3 is 2.78 bits per heavy atom. The van der Waals surface area contributed by atoms with Crippen molar-refractivity contribution < 1.29 is 32.7 Å². The molecule has 1 aromatic heterocycles. The SMILES string of the molecule is Cc1cc(N=S2(=O)CCOCC2)cc2ncnc(Nc3ccc(F)cc3O[C@@H]3COC4C3OC[C@H]4O)c12. The maximum absolute atomic E-state index is 14.2. The van der Waals surface area contributed by atoms with Crippen LogP contribution in [0.3, 0.4) is 0 Å². The summed E-state index contributed by atoms with van der Waals surface area (Å²) in [5, 5.41) is 14.0. The second kappa shape index (κ2) is 9.76. The molecule has 3 aromatic rings. The van der Waals surface area contributed by atoms with E-state index in [1.807, 2.05) is 13.0 Å². The van der Waals surface area contributed by atoms with Crippen LogP contribution in [-0.4, -0.2) is 81.6 Å². The minimum atomic E-state index is -2.37. The van der Waals surface area contributed by atoms with Crippen LogP contribution in [0.2, 0.25) is 0 Å². The molecule has 3 saturated heterocycles. The summed E-state index contributed by atoms with van der Waals surface area (Å²) in [6.45, 7) is 3.18. The number of fused-ring (bicyclic) bond motifs is 2.